The van der Waals surface area contributed by atoms with Gasteiger partial charge in [0, 0.05) is 13.1 Å². The smallest absolute Gasteiger partial charge is 0.224 e. The van der Waals surface area contributed by atoms with Crippen LogP contribution in [0.25, 0.3) is 11.1 Å². The van der Waals surface area contributed by atoms with Crippen molar-refractivity contribution in [2.24, 2.45) is 5.92 Å². The molecule has 0 aliphatic carbocycles. The van der Waals surface area contributed by atoms with Crippen LogP contribution in [0.5, 0.6) is 0 Å². The van der Waals surface area contributed by atoms with Crippen LogP contribution in [0.1, 0.15) is 18.4 Å². The first-order valence-corrected chi connectivity index (χ1v) is 7.96. The highest BCUT2D eigenvalue weighted by molar-refractivity contribution is 5.79. The second kappa shape index (κ2) is 7.23. The normalized spacial score (nSPS) is 17.9. The van der Waals surface area contributed by atoms with E-state index >= 15 is 0 Å². The lowest BCUT2D eigenvalue weighted by Gasteiger charge is -2.21. The molecule has 3 heteroatoms. The van der Waals surface area contributed by atoms with Crippen LogP contribution in [-0.4, -0.2) is 19.0 Å². The third kappa shape index (κ3) is 3.74. The lowest BCUT2D eigenvalue weighted by atomic mass is 9.98. The molecular formula is C19H22N2O. The van der Waals surface area contributed by atoms with Crippen LogP contribution in [-0.2, 0) is 11.3 Å². The van der Waals surface area contributed by atoms with E-state index in [2.05, 4.69) is 47.0 Å². The van der Waals surface area contributed by atoms with E-state index in [0.717, 1.165) is 31.5 Å². The van der Waals surface area contributed by atoms with Gasteiger partial charge in [-0.3, -0.25) is 4.79 Å². The van der Waals surface area contributed by atoms with E-state index in [1.807, 2.05) is 18.2 Å². The maximum absolute atomic E-state index is 12.1. The number of carbonyl (C=O) groups excluding carboxylic acids is 1. The molecule has 3 rings (SSSR count). The minimum atomic E-state index is 0.123. The van der Waals surface area contributed by atoms with Crippen LogP contribution in [0.4, 0.5) is 0 Å². The molecule has 1 amide bonds. The van der Waals surface area contributed by atoms with Gasteiger partial charge >= 0.3 is 0 Å². The molecule has 1 heterocycles. The van der Waals surface area contributed by atoms with Crippen molar-refractivity contribution in [1.29, 1.82) is 0 Å². The predicted octanol–water partition coefficient (Wildman–Crippen LogP) is 2.97. The van der Waals surface area contributed by atoms with Crippen molar-refractivity contribution in [2.45, 2.75) is 19.4 Å². The highest BCUT2D eigenvalue weighted by Gasteiger charge is 2.20. The lowest BCUT2D eigenvalue weighted by molar-refractivity contribution is -0.125. The number of carbonyl (C=O) groups is 1. The molecule has 0 unspecified atom stereocenters. The van der Waals surface area contributed by atoms with Crippen molar-refractivity contribution in [1.82, 2.24) is 10.6 Å². The lowest BCUT2D eigenvalue weighted by Crippen LogP contribution is -2.40. The molecule has 1 atom stereocenters. The molecule has 3 nitrogen and oxygen atoms in total. The third-order valence-electron chi connectivity index (χ3n) is 4.20. The van der Waals surface area contributed by atoms with Gasteiger partial charge in [0.25, 0.3) is 0 Å². The van der Waals surface area contributed by atoms with Crippen LogP contribution in [0.3, 0.4) is 0 Å². The van der Waals surface area contributed by atoms with Gasteiger partial charge in [-0.2, -0.15) is 0 Å². The van der Waals surface area contributed by atoms with Crippen LogP contribution >= 0.6 is 0 Å². The maximum Gasteiger partial charge on any atom is 0.224 e. The maximum atomic E-state index is 12.1. The first-order valence-electron chi connectivity index (χ1n) is 7.96. The summed E-state index contributed by atoms with van der Waals surface area (Å²) in [5.41, 5.74) is 3.55. The Labute approximate surface area is 131 Å². The highest BCUT2D eigenvalue weighted by Crippen LogP contribution is 2.19. The quantitative estimate of drug-likeness (QED) is 0.910. The van der Waals surface area contributed by atoms with E-state index < -0.39 is 0 Å². The highest BCUT2D eigenvalue weighted by atomic mass is 16.1. The Morgan fingerprint density at radius 1 is 1.05 bits per heavy atom. The Morgan fingerprint density at radius 3 is 2.45 bits per heavy atom. The molecule has 1 aliphatic rings. The third-order valence-corrected chi connectivity index (χ3v) is 4.20. The van der Waals surface area contributed by atoms with E-state index in [9.17, 15) is 4.79 Å². The van der Waals surface area contributed by atoms with E-state index in [-0.39, 0.29) is 11.8 Å². The fourth-order valence-corrected chi connectivity index (χ4v) is 2.85. The minimum absolute atomic E-state index is 0.123. The van der Waals surface area contributed by atoms with Gasteiger partial charge in [0.05, 0.1) is 5.92 Å². The summed E-state index contributed by atoms with van der Waals surface area (Å²) in [7, 11) is 0. The fraction of sp³-hybridized carbons (Fsp3) is 0.316. The number of amides is 1. The Balaban J connectivity index is 1.56. The Hall–Kier alpha value is -2.13. The van der Waals surface area contributed by atoms with Crippen LogP contribution in [0.15, 0.2) is 54.6 Å². The van der Waals surface area contributed by atoms with Crippen molar-refractivity contribution in [3.63, 3.8) is 0 Å². The van der Waals surface area contributed by atoms with Crippen molar-refractivity contribution >= 4 is 5.91 Å². The molecule has 0 radical (unpaired) electrons. The van der Waals surface area contributed by atoms with Gasteiger partial charge in [-0.05, 0) is 36.1 Å². The predicted molar refractivity (Wildman–Crippen MR) is 89.3 cm³/mol. The average molecular weight is 294 g/mol. The van der Waals surface area contributed by atoms with E-state index in [0.29, 0.717) is 6.54 Å². The average Bonchev–Trinajstić information content (AvgIpc) is 2.61. The van der Waals surface area contributed by atoms with Crippen molar-refractivity contribution in [3.8, 4) is 11.1 Å². The topological polar surface area (TPSA) is 41.1 Å². The zero-order chi connectivity index (χ0) is 15.2. The summed E-state index contributed by atoms with van der Waals surface area (Å²) in [4.78, 5) is 12.1. The molecule has 2 aromatic carbocycles. The molecule has 0 saturated carbocycles. The molecule has 1 fully saturated rings. The van der Waals surface area contributed by atoms with Crippen molar-refractivity contribution in [3.05, 3.63) is 60.2 Å². The number of nitrogens with one attached hydrogen (secondary N) is 2. The monoisotopic (exact) mass is 294 g/mol. The molecular weight excluding hydrogens is 272 g/mol. The standard InChI is InChI=1S/C19H22N2O/c22-19(18-7-4-12-20-14-18)21-13-15-8-10-17(11-9-15)16-5-2-1-3-6-16/h1-3,5-6,8-11,18,20H,4,7,12-14H2,(H,21,22)/t18-/m0/s1. The molecule has 114 valence electrons. The Bertz CT molecular complexity index is 601. The van der Waals surface area contributed by atoms with Gasteiger partial charge < -0.3 is 10.6 Å². The number of benzene rings is 2. The first-order chi connectivity index (χ1) is 10.8. The fourth-order valence-electron chi connectivity index (χ4n) is 2.85. The first kappa shape index (κ1) is 14.8. The summed E-state index contributed by atoms with van der Waals surface area (Å²) in [5.74, 6) is 0.289. The number of hydrogen-bond donors (Lipinski definition) is 2. The summed E-state index contributed by atoms with van der Waals surface area (Å²) < 4.78 is 0. The zero-order valence-corrected chi connectivity index (χ0v) is 12.7. The van der Waals surface area contributed by atoms with Gasteiger partial charge in [-0.15, -0.1) is 0 Å². The second-order valence-electron chi connectivity index (χ2n) is 5.82. The van der Waals surface area contributed by atoms with Crippen molar-refractivity contribution < 1.29 is 4.79 Å². The molecule has 1 aliphatic heterocycles. The molecule has 1 saturated heterocycles. The van der Waals surface area contributed by atoms with Crippen LogP contribution < -0.4 is 10.6 Å². The second-order valence-corrected chi connectivity index (χ2v) is 5.82. The summed E-state index contributed by atoms with van der Waals surface area (Å²) in [6.07, 6.45) is 2.08. The largest absolute Gasteiger partial charge is 0.352 e. The molecule has 2 aromatic rings. The van der Waals surface area contributed by atoms with Gasteiger partial charge in [-0.25, -0.2) is 0 Å². The van der Waals surface area contributed by atoms with E-state index in [4.69, 9.17) is 0 Å². The van der Waals surface area contributed by atoms with E-state index in [1.165, 1.54) is 11.1 Å². The van der Waals surface area contributed by atoms with Gasteiger partial charge in [0.15, 0.2) is 0 Å². The Kier molecular flexibility index (Phi) is 4.86. The molecule has 0 aromatic heterocycles. The number of hydrogen-bond acceptors (Lipinski definition) is 2. The minimum Gasteiger partial charge on any atom is -0.352 e. The summed E-state index contributed by atoms with van der Waals surface area (Å²) in [6, 6.07) is 18.7. The summed E-state index contributed by atoms with van der Waals surface area (Å²) in [6.45, 7) is 2.44. The molecule has 0 bridgehead atoms. The van der Waals surface area contributed by atoms with Crippen LogP contribution in [0, 0.1) is 5.92 Å². The SMILES string of the molecule is O=C(NCc1ccc(-c2ccccc2)cc1)[C@H]1CCCNC1. The summed E-state index contributed by atoms with van der Waals surface area (Å²) >= 11 is 0. The van der Waals surface area contributed by atoms with Crippen LogP contribution in [0.2, 0.25) is 0 Å². The molecule has 0 spiro atoms. The Morgan fingerprint density at radius 2 is 1.77 bits per heavy atom. The van der Waals surface area contributed by atoms with Crippen molar-refractivity contribution in [2.75, 3.05) is 13.1 Å². The summed E-state index contributed by atoms with van der Waals surface area (Å²) in [5, 5.41) is 6.33. The van der Waals surface area contributed by atoms with Gasteiger partial charge in [0.2, 0.25) is 5.91 Å². The molecule has 2 N–H and O–H groups in total. The molecule has 22 heavy (non-hydrogen) atoms. The number of rotatable bonds is 4. The van der Waals surface area contributed by atoms with Gasteiger partial charge in [-0.1, -0.05) is 54.6 Å². The number of piperidine rings is 1. The van der Waals surface area contributed by atoms with E-state index in [1.54, 1.807) is 0 Å². The zero-order valence-electron chi connectivity index (χ0n) is 12.7. The van der Waals surface area contributed by atoms with Gasteiger partial charge in [0.1, 0.15) is 0 Å².